The van der Waals surface area contributed by atoms with Crippen molar-refractivity contribution in [3.63, 3.8) is 0 Å². The Morgan fingerprint density at radius 2 is 1.71 bits per heavy atom. The van der Waals surface area contributed by atoms with Gasteiger partial charge in [0.25, 0.3) is 5.91 Å². The minimum Gasteiger partial charge on any atom is -0.336 e. The minimum absolute atomic E-state index is 0.169. The second-order valence-corrected chi connectivity index (χ2v) is 9.70. The Kier molecular flexibility index (Phi) is 4.55. The van der Waals surface area contributed by atoms with Crippen molar-refractivity contribution in [2.24, 2.45) is 0 Å². The first-order valence-electron chi connectivity index (χ1n) is 11.1. The van der Waals surface area contributed by atoms with Crippen molar-refractivity contribution < 1.29 is 4.79 Å². The smallest absolute Gasteiger partial charge is 0.254 e. The summed E-state index contributed by atoms with van der Waals surface area (Å²) >= 11 is 1.78. The molecule has 2 heterocycles. The normalized spacial score (nSPS) is 17.5. The van der Waals surface area contributed by atoms with E-state index in [2.05, 4.69) is 54.3 Å². The van der Waals surface area contributed by atoms with Crippen LogP contribution >= 0.6 is 11.3 Å². The number of hydrogen-bond donors (Lipinski definition) is 0. The van der Waals surface area contributed by atoms with E-state index in [-0.39, 0.29) is 11.9 Å². The van der Waals surface area contributed by atoms with E-state index in [1.165, 1.54) is 21.2 Å². The van der Waals surface area contributed by atoms with Gasteiger partial charge in [0.05, 0.1) is 16.3 Å². The molecule has 1 aromatic heterocycles. The van der Waals surface area contributed by atoms with Gasteiger partial charge in [0, 0.05) is 31.7 Å². The fraction of sp³-hybridized carbons (Fsp3) is 0.308. The first-order chi connectivity index (χ1) is 15.2. The van der Waals surface area contributed by atoms with Gasteiger partial charge in [-0.1, -0.05) is 36.4 Å². The number of aryl methyl sites for hydroxylation is 2. The quantitative estimate of drug-likeness (QED) is 0.458. The highest BCUT2D eigenvalue weighted by Gasteiger charge is 2.28. The number of amides is 1. The van der Waals surface area contributed by atoms with Crippen molar-refractivity contribution in [3.05, 3.63) is 76.3 Å². The van der Waals surface area contributed by atoms with Crippen molar-refractivity contribution in [2.75, 3.05) is 26.2 Å². The lowest BCUT2D eigenvalue weighted by Gasteiger charge is -2.37. The van der Waals surface area contributed by atoms with E-state index in [1.54, 1.807) is 11.3 Å². The van der Waals surface area contributed by atoms with E-state index >= 15 is 0 Å². The van der Waals surface area contributed by atoms with Gasteiger partial charge in [0.1, 0.15) is 5.01 Å². The molecule has 0 bridgehead atoms. The number of para-hydroxylation sites is 1. The zero-order valence-corrected chi connectivity index (χ0v) is 18.5. The Morgan fingerprint density at radius 1 is 0.935 bits per heavy atom. The molecule has 2 aliphatic rings. The molecule has 1 atom stereocenters. The van der Waals surface area contributed by atoms with Crippen LogP contribution in [-0.4, -0.2) is 46.9 Å². The second-order valence-electron chi connectivity index (χ2n) is 8.64. The Bertz CT molecular complexity index is 1260. The summed E-state index contributed by atoms with van der Waals surface area (Å²) < 4.78 is 1.24. The van der Waals surface area contributed by atoms with E-state index in [9.17, 15) is 4.79 Å². The summed E-state index contributed by atoms with van der Waals surface area (Å²) in [6.07, 6.45) is 2.18. The molecule has 1 fully saturated rings. The third kappa shape index (κ3) is 3.15. The maximum Gasteiger partial charge on any atom is 0.254 e. The number of thiazole rings is 1. The maximum absolute atomic E-state index is 13.4. The molecule has 4 nitrogen and oxygen atoms in total. The van der Waals surface area contributed by atoms with Gasteiger partial charge in [0.15, 0.2) is 0 Å². The molecule has 31 heavy (non-hydrogen) atoms. The summed E-state index contributed by atoms with van der Waals surface area (Å²) in [5, 5.41) is 3.60. The van der Waals surface area contributed by atoms with Crippen LogP contribution in [0.25, 0.3) is 21.0 Å². The van der Waals surface area contributed by atoms with Crippen molar-refractivity contribution in [1.82, 2.24) is 14.8 Å². The number of piperazine rings is 1. The highest BCUT2D eigenvalue weighted by Crippen LogP contribution is 2.34. The number of aromatic nitrogens is 1. The number of benzene rings is 3. The molecule has 1 amide bonds. The molecule has 4 aromatic rings. The summed E-state index contributed by atoms with van der Waals surface area (Å²) in [5.74, 6) is 0.169. The predicted molar refractivity (Wildman–Crippen MR) is 127 cm³/mol. The van der Waals surface area contributed by atoms with Crippen LogP contribution in [0.2, 0.25) is 0 Å². The molecule has 0 saturated carbocycles. The lowest BCUT2D eigenvalue weighted by atomic mass is 9.99. The van der Waals surface area contributed by atoms with Gasteiger partial charge in [-0.3, -0.25) is 9.69 Å². The van der Waals surface area contributed by atoms with Crippen LogP contribution in [-0.2, 0) is 12.8 Å². The molecule has 3 aromatic carbocycles. The van der Waals surface area contributed by atoms with Crippen molar-refractivity contribution >= 4 is 38.2 Å². The molecule has 1 unspecified atom stereocenters. The highest BCUT2D eigenvalue weighted by atomic mass is 32.1. The summed E-state index contributed by atoms with van der Waals surface area (Å²) in [6, 6.07) is 19.2. The molecule has 1 aliphatic heterocycles. The molecule has 0 N–H and O–H groups in total. The number of nitrogens with zero attached hydrogens (tertiary/aromatic N) is 3. The van der Waals surface area contributed by atoms with Crippen LogP contribution in [0.4, 0.5) is 0 Å². The van der Waals surface area contributed by atoms with Crippen molar-refractivity contribution in [2.45, 2.75) is 25.8 Å². The molecule has 0 spiro atoms. The lowest BCUT2D eigenvalue weighted by molar-refractivity contribution is 0.0584. The Morgan fingerprint density at radius 3 is 2.52 bits per heavy atom. The number of hydrogen-bond acceptors (Lipinski definition) is 4. The van der Waals surface area contributed by atoms with Gasteiger partial charge in [-0.15, -0.1) is 11.3 Å². The Hall–Kier alpha value is -2.76. The van der Waals surface area contributed by atoms with Crippen LogP contribution in [0.3, 0.4) is 0 Å². The summed E-state index contributed by atoms with van der Waals surface area (Å²) in [4.78, 5) is 22.7. The average molecular weight is 428 g/mol. The van der Waals surface area contributed by atoms with E-state index < -0.39 is 0 Å². The fourth-order valence-electron chi connectivity index (χ4n) is 5.14. The Labute approximate surface area is 186 Å². The number of rotatable bonds is 3. The second kappa shape index (κ2) is 7.43. The van der Waals surface area contributed by atoms with Crippen LogP contribution in [0.1, 0.15) is 39.5 Å². The molecule has 6 rings (SSSR count). The van der Waals surface area contributed by atoms with Crippen LogP contribution in [0.15, 0.2) is 54.6 Å². The SMILES string of the molecule is CC(c1nc2ccccc2s1)N1CCN(C(=O)c2ccc3c4c(cccc24)CC3)CC1. The van der Waals surface area contributed by atoms with Gasteiger partial charge in [-0.05, 0) is 59.9 Å². The zero-order valence-electron chi connectivity index (χ0n) is 17.7. The molecular weight excluding hydrogens is 402 g/mol. The fourth-order valence-corrected chi connectivity index (χ4v) is 6.19. The predicted octanol–water partition coefficient (Wildman–Crippen LogP) is 5.07. The zero-order chi connectivity index (χ0) is 20.9. The van der Waals surface area contributed by atoms with Gasteiger partial charge in [-0.25, -0.2) is 4.98 Å². The van der Waals surface area contributed by atoms with Crippen LogP contribution in [0.5, 0.6) is 0 Å². The number of carbonyl (C=O) groups is 1. The molecular formula is C26H25N3OS. The largest absolute Gasteiger partial charge is 0.336 e. The first kappa shape index (κ1) is 19.0. The van der Waals surface area contributed by atoms with Gasteiger partial charge in [0.2, 0.25) is 0 Å². The van der Waals surface area contributed by atoms with E-state index in [1.807, 2.05) is 17.0 Å². The minimum atomic E-state index is 0.169. The molecule has 1 saturated heterocycles. The number of carbonyl (C=O) groups excluding carboxylic acids is 1. The molecule has 5 heteroatoms. The summed E-state index contributed by atoms with van der Waals surface area (Å²) in [7, 11) is 0. The monoisotopic (exact) mass is 427 g/mol. The van der Waals surface area contributed by atoms with Gasteiger partial charge in [-0.2, -0.15) is 0 Å². The van der Waals surface area contributed by atoms with Crippen LogP contribution < -0.4 is 0 Å². The first-order valence-corrected chi connectivity index (χ1v) is 11.9. The molecule has 1 aliphatic carbocycles. The average Bonchev–Trinajstić information content (AvgIpc) is 3.44. The Balaban J connectivity index is 1.20. The number of fused-ring (bicyclic) bond motifs is 1. The third-order valence-electron chi connectivity index (χ3n) is 6.92. The summed E-state index contributed by atoms with van der Waals surface area (Å²) in [5.41, 5.74) is 4.71. The maximum atomic E-state index is 13.4. The van der Waals surface area contributed by atoms with E-state index in [4.69, 9.17) is 4.98 Å². The standard InChI is InChI=1S/C26H25N3OS/c1-17(25-27-22-7-2-3-8-23(22)31-25)28-13-15-29(16-14-28)26(30)21-12-11-19-10-9-18-5-4-6-20(21)24(18)19/h2-8,11-12,17H,9-10,13-16H2,1H3. The topological polar surface area (TPSA) is 36.4 Å². The van der Waals surface area contributed by atoms with Gasteiger partial charge < -0.3 is 4.90 Å². The van der Waals surface area contributed by atoms with E-state index in [0.29, 0.717) is 0 Å². The molecule has 0 radical (unpaired) electrons. The van der Waals surface area contributed by atoms with E-state index in [0.717, 1.165) is 60.5 Å². The third-order valence-corrected chi connectivity index (χ3v) is 8.13. The van der Waals surface area contributed by atoms with Crippen LogP contribution in [0, 0.1) is 0 Å². The van der Waals surface area contributed by atoms with Gasteiger partial charge >= 0.3 is 0 Å². The molecule has 156 valence electrons. The van der Waals surface area contributed by atoms with Crippen molar-refractivity contribution in [3.8, 4) is 0 Å². The highest BCUT2D eigenvalue weighted by molar-refractivity contribution is 7.18. The van der Waals surface area contributed by atoms with Crippen molar-refractivity contribution in [1.29, 1.82) is 0 Å². The lowest BCUT2D eigenvalue weighted by Crippen LogP contribution is -2.49. The summed E-state index contributed by atoms with van der Waals surface area (Å²) in [6.45, 7) is 5.51.